The maximum absolute atomic E-state index is 12.0. The number of piperazine rings is 1. The molecule has 1 heterocycles. The lowest BCUT2D eigenvalue weighted by atomic mass is 9.83. The third-order valence-corrected chi connectivity index (χ3v) is 5.62. The first-order valence-corrected chi connectivity index (χ1v) is 9.60. The number of hydrogen-bond donors (Lipinski definition) is 0. The van der Waals surface area contributed by atoms with E-state index in [1.165, 1.54) is 64.7 Å². The summed E-state index contributed by atoms with van der Waals surface area (Å²) in [5, 5.41) is 0. The van der Waals surface area contributed by atoms with E-state index >= 15 is 0 Å². The molecule has 2 aliphatic carbocycles. The van der Waals surface area contributed by atoms with Gasteiger partial charge in [-0.1, -0.05) is 0 Å². The van der Waals surface area contributed by atoms with Crippen LogP contribution < -0.4 is 0 Å². The number of carbonyl (C=O) groups excluding carboxylic acids is 1. The molecule has 4 nitrogen and oxygen atoms in total. The summed E-state index contributed by atoms with van der Waals surface area (Å²) in [7, 11) is 0. The van der Waals surface area contributed by atoms with Crippen molar-refractivity contribution >= 4 is 5.97 Å². The predicted octanol–water partition coefficient (Wildman–Crippen LogP) is 3.06. The lowest BCUT2D eigenvalue weighted by Crippen LogP contribution is -2.51. The number of hydrogen-bond acceptors (Lipinski definition) is 4. The quantitative estimate of drug-likeness (QED) is 0.745. The maximum atomic E-state index is 12.0. The molecule has 132 valence electrons. The molecular weight excluding hydrogens is 288 g/mol. The van der Waals surface area contributed by atoms with Crippen molar-refractivity contribution in [1.82, 2.24) is 9.80 Å². The van der Waals surface area contributed by atoms with Gasteiger partial charge in [-0.2, -0.15) is 0 Å². The highest BCUT2D eigenvalue weighted by Gasteiger charge is 2.34. The van der Waals surface area contributed by atoms with Crippen LogP contribution in [0.15, 0.2) is 0 Å². The van der Waals surface area contributed by atoms with E-state index in [1.807, 2.05) is 20.8 Å². The molecule has 0 spiro atoms. The van der Waals surface area contributed by atoms with Crippen LogP contribution in [0.1, 0.15) is 65.7 Å². The summed E-state index contributed by atoms with van der Waals surface area (Å²) in [5.41, 5.74) is -0.352. The van der Waals surface area contributed by atoms with Gasteiger partial charge < -0.3 is 4.74 Å². The van der Waals surface area contributed by atoms with E-state index in [1.54, 1.807) is 0 Å². The van der Waals surface area contributed by atoms with Crippen molar-refractivity contribution in [2.24, 2.45) is 5.92 Å². The number of ether oxygens (including phenoxy) is 1. The van der Waals surface area contributed by atoms with Crippen LogP contribution in [0.25, 0.3) is 0 Å². The lowest BCUT2D eigenvalue weighted by Gasteiger charge is -2.42. The molecule has 3 fully saturated rings. The summed E-state index contributed by atoms with van der Waals surface area (Å²) < 4.78 is 5.47. The normalized spacial score (nSPS) is 31.1. The zero-order chi connectivity index (χ0) is 16.4. The number of carbonyl (C=O) groups is 1. The Balaban J connectivity index is 1.36. The zero-order valence-corrected chi connectivity index (χ0v) is 15.2. The Hall–Kier alpha value is -0.610. The summed E-state index contributed by atoms with van der Waals surface area (Å²) in [4.78, 5) is 17.4. The van der Waals surface area contributed by atoms with Crippen molar-refractivity contribution in [3.63, 3.8) is 0 Å². The second kappa shape index (κ2) is 7.10. The van der Waals surface area contributed by atoms with E-state index in [0.29, 0.717) is 12.3 Å². The van der Waals surface area contributed by atoms with Crippen LogP contribution in [0.3, 0.4) is 0 Å². The van der Waals surface area contributed by atoms with Gasteiger partial charge in [0.2, 0.25) is 0 Å². The second-order valence-corrected chi connectivity index (χ2v) is 8.77. The molecule has 3 aliphatic rings. The van der Waals surface area contributed by atoms with Crippen molar-refractivity contribution in [1.29, 1.82) is 0 Å². The zero-order valence-electron chi connectivity index (χ0n) is 15.2. The molecular formula is C19H34N2O2. The highest BCUT2D eigenvalue weighted by Crippen LogP contribution is 2.32. The fourth-order valence-corrected chi connectivity index (χ4v) is 4.24. The van der Waals surface area contributed by atoms with Gasteiger partial charge >= 0.3 is 5.97 Å². The van der Waals surface area contributed by atoms with Gasteiger partial charge in [-0.05, 0) is 65.2 Å². The van der Waals surface area contributed by atoms with Gasteiger partial charge in [-0.3, -0.25) is 14.6 Å². The van der Waals surface area contributed by atoms with Gasteiger partial charge in [0.25, 0.3) is 0 Å². The van der Waals surface area contributed by atoms with Gasteiger partial charge in [0.15, 0.2) is 0 Å². The molecule has 23 heavy (non-hydrogen) atoms. The van der Waals surface area contributed by atoms with Gasteiger partial charge in [0.1, 0.15) is 5.60 Å². The van der Waals surface area contributed by atoms with Crippen LogP contribution in [0.5, 0.6) is 0 Å². The van der Waals surface area contributed by atoms with Crippen molar-refractivity contribution < 1.29 is 9.53 Å². The molecule has 0 N–H and O–H groups in total. The van der Waals surface area contributed by atoms with E-state index in [9.17, 15) is 4.79 Å². The van der Waals surface area contributed by atoms with Crippen LogP contribution in [-0.4, -0.2) is 59.6 Å². The molecule has 4 heteroatoms. The Morgan fingerprint density at radius 2 is 1.30 bits per heavy atom. The number of esters is 1. The Morgan fingerprint density at radius 3 is 1.70 bits per heavy atom. The summed E-state index contributed by atoms with van der Waals surface area (Å²) in [6.45, 7) is 10.9. The minimum Gasteiger partial charge on any atom is -0.460 e. The molecule has 0 atom stereocenters. The van der Waals surface area contributed by atoms with Crippen LogP contribution in [-0.2, 0) is 9.53 Å². The highest BCUT2D eigenvalue weighted by atomic mass is 16.6. The fraction of sp³-hybridized carbons (Fsp3) is 0.947. The smallest absolute Gasteiger partial charge is 0.306 e. The Labute approximate surface area is 141 Å². The molecule has 0 radical (unpaired) electrons. The summed E-state index contributed by atoms with van der Waals surface area (Å²) in [6, 6.07) is 1.67. The van der Waals surface area contributed by atoms with Crippen molar-refractivity contribution in [3.8, 4) is 0 Å². The minimum absolute atomic E-state index is 0.0148. The van der Waals surface area contributed by atoms with E-state index in [-0.39, 0.29) is 11.6 Å². The highest BCUT2D eigenvalue weighted by molar-refractivity contribution is 5.70. The van der Waals surface area contributed by atoms with E-state index < -0.39 is 0 Å². The van der Waals surface area contributed by atoms with Crippen molar-refractivity contribution in [2.75, 3.05) is 26.2 Å². The second-order valence-electron chi connectivity index (χ2n) is 8.77. The molecule has 0 aromatic carbocycles. The first-order chi connectivity index (χ1) is 10.9. The standard InChI is InChI=1S/C19H34N2O2/c1-19(2,3)23-18(22)14-15-4-6-16(7-5-15)20-10-12-21(13-11-20)17-8-9-17/h15-17H,4-14H2,1-3H3. The van der Waals surface area contributed by atoms with Crippen molar-refractivity contribution in [2.45, 2.75) is 83.4 Å². The van der Waals surface area contributed by atoms with E-state index in [0.717, 1.165) is 12.1 Å². The molecule has 1 aliphatic heterocycles. The van der Waals surface area contributed by atoms with E-state index in [2.05, 4.69) is 9.80 Å². The van der Waals surface area contributed by atoms with Crippen LogP contribution >= 0.6 is 0 Å². The third kappa shape index (κ3) is 5.18. The molecule has 0 amide bonds. The molecule has 0 aromatic rings. The molecule has 3 rings (SSSR count). The summed E-state index contributed by atoms with van der Waals surface area (Å²) >= 11 is 0. The lowest BCUT2D eigenvalue weighted by molar-refractivity contribution is -0.156. The summed E-state index contributed by atoms with van der Waals surface area (Å²) in [5.74, 6) is 0.521. The molecule has 1 saturated heterocycles. The molecule has 2 saturated carbocycles. The fourth-order valence-electron chi connectivity index (χ4n) is 4.24. The summed E-state index contributed by atoms with van der Waals surface area (Å²) in [6.07, 6.45) is 8.36. The average molecular weight is 322 g/mol. The number of nitrogens with zero attached hydrogens (tertiary/aromatic N) is 2. The number of rotatable bonds is 4. The monoisotopic (exact) mass is 322 g/mol. The third-order valence-electron chi connectivity index (χ3n) is 5.62. The van der Waals surface area contributed by atoms with Crippen LogP contribution in [0, 0.1) is 5.92 Å². The SMILES string of the molecule is CC(C)(C)OC(=O)CC1CCC(N2CCN(C3CC3)CC2)CC1. The van der Waals surface area contributed by atoms with Crippen molar-refractivity contribution in [3.05, 3.63) is 0 Å². The van der Waals surface area contributed by atoms with Crippen LogP contribution in [0.2, 0.25) is 0 Å². The van der Waals surface area contributed by atoms with Gasteiger partial charge in [-0.15, -0.1) is 0 Å². The first-order valence-electron chi connectivity index (χ1n) is 9.60. The average Bonchev–Trinajstić information content (AvgIpc) is 3.31. The maximum Gasteiger partial charge on any atom is 0.306 e. The molecule has 0 unspecified atom stereocenters. The Kier molecular flexibility index (Phi) is 5.32. The minimum atomic E-state index is -0.352. The predicted molar refractivity (Wildman–Crippen MR) is 92.4 cm³/mol. The topological polar surface area (TPSA) is 32.8 Å². The van der Waals surface area contributed by atoms with Crippen LogP contribution in [0.4, 0.5) is 0 Å². The first kappa shape index (κ1) is 17.2. The molecule has 0 bridgehead atoms. The largest absolute Gasteiger partial charge is 0.460 e. The Bertz CT molecular complexity index is 398. The van der Waals surface area contributed by atoms with E-state index in [4.69, 9.17) is 4.74 Å². The van der Waals surface area contributed by atoms with Gasteiger partial charge in [0.05, 0.1) is 0 Å². The van der Waals surface area contributed by atoms with Gasteiger partial charge in [0, 0.05) is 44.7 Å². The van der Waals surface area contributed by atoms with Gasteiger partial charge in [-0.25, -0.2) is 0 Å². The molecule has 0 aromatic heterocycles. The Morgan fingerprint density at radius 1 is 0.870 bits per heavy atom.